The minimum Gasteiger partial charge on any atom is -0.329 e. The largest absolute Gasteiger partial charge is 0.329 e. The Morgan fingerprint density at radius 2 is 2.30 bits per heavy atom. The third-order valence-corrected chi connectivity index (χ3v) is 4.56. The van der Waals surface area contributed by atoms with Gasteiger partial charge in [0.1, 0.15) is 0 Å². The lowest BCUT2D eigenvalue weighted by atomic mass is 10.0. The van der Waals surface area contributed by atoms with Crippen molar-refractivity contribution in [1.29, 1.82) is 0 Å². The van der Waals surface area contributed by atoms with Crippen LogP contribution in [0.4, 0.5) is 0 Å². The summed E-state index contributed by atoms with van der Waals surface area (Å²) in [6.07, 6.45) is 3.07. The van der Waals surface area contributed by atoms with E-state index in [0.29, 0.717) is 6.54 Å². The molecule has 0 radical (unpaired) electrons. The number of halogens is 1. The van der Waals surface area contributed by atoms with Crippen molar-refractivity contribution in [3.63, 3.8) is 0 Å². The zero-order valence-electron chi connectivity index (χ0n) is 11.7. The van der Waals surface area contributed by atoms with Crippen molar-refractivity contribution in [1.82, 2.24) is 9.88 Å². The number of pyridine rings is 1. The molecule has 0 saturated carbocycles. The van der Waals surface area contributed by atoms with E-state index in [0.717, 1.165) is 34.9 Å². The number of nitrogens with two attached hydrogens (primary N) is 1. The Kier molecular flexibility index (Phi) is 3.92. The Morgan fingerprint density at radius 1 is 1.45 bits per heavy atom. The van der Waals surface area contributed by atoms with E-state index in [9.17, 15) is 0 Å². The molecular formula is C16H20ClN3. The van der Waals surface area contributed by atoms with Gasteiger partial charge >= 0.3 is 0 Å². The van der Waals surface area contributed by atoms with Gasteiger partial charge in [-0.3, -0.25) is 9.88 Å². The zero-order chi connectivity index (χ0) is 14.1. The van der Waals surface area contributed by atoms with Crippen LogP contribution in [0.3, 0.4) is 0 Å². The van der Waals surface area contributed by atoms with Crippen LogP contribution in [-0.4, -0.2) is 29.5 Å². The monoisotopic (exact) mass is 289 g/mol. The van der Waals surface area contributed by atoms with Crippen molar-refractivity contribution in [3.05, 3.63) is 41.0 Å². The lowest BCUT2D eigenvalue weighted by Gasteiger charge is -2.27. The maximum absolute atomic E-state index is 6.27. The molecule has 2 unspecified atom stereocenters. The third kappa shape index (κ3) is 2.41. The summed E-state index contributed by atoms with van der Waals surface area (Å²) < 4.78 is 0. The topological polar surface area (TPSA) is 42.1 Å². The fourth-order valence-electron chi connectivity index (χ4n) is 3.15. The molecule has 0 spiro atoms. The number of likely N-dealkylation sites (tertiary alicyclic amines) is 1. The molecule has 1 aliphatic rings. The highest BCUT2D eigenvalue weighted by Gasteiger charge is 2.27. The number of fused-ring (bicyclic) bond motifs is 1. The zero-order valence-corrected chi connectivity index (χ0v) is 12.5. The van der Waals surface area contributed by atoms with E-state index < -0.39 is 0 Å². The van der Waals surface area contributed by atoms with Gasteiger partial charge in [-0.2, -0.15) is 0 Å². The van der Waals surface area contributed by atoms with Gasteiger partial charge in [0.15, 0.2) is 0 Å². The molecule has 1 fully saturated rings. The number of aromatic nitrogens is 1. The first-order valence-corrected chi connectivity index (χ1v) is 7.55. The summed E-state index contributed by atoms with van der Waals surface area (Å²) in [5, 5.41) is 1.76. The molecule has 106 valence electrons. The van der Waals surface area contributed by atoms with Crippen LogP contribution in [0.15, 0.2) is 30.5 Å². The molecule has 2 atom stereocenters. The van der Waals surface area contributed by atoms with Gasteiger partial charge in [-0.1, -0.05) is 24.6 Å². The van der Waals surface area contributed by atoms with E-state index in [-0.39, 0.29) is 6.04 Å². The van der Waals surface area contributed by atoms with Gasteiger partial charge in [0, 0.05) is 35.7 Å². The van der Waals surface area contributed by atoms with Gasteiger partial charge in [0.2, 0.25) is 0 Å². The highest BCUT2D eigenvalue weighted by atomic mass is 35.5. The van der Waals surface area contributed by atoms with Gasteiger partial charge in [0.05, 0.1) is 5.52 Å². The van der Waals surface area contributed by atoms with E-state index >= 15 is 0 Å². The van der Waals surface area contributed by atoms with Crippen molar-refractivity contribution < 1.29 is 0 Å². The smallest absolute Gasteiger partial charge is 0.0765 e. The molecule has 2 N–H and O–H groups in total. The second-order valence-electron chi connectivity index (χ2n) is 5.68. The minimum absolute atomic E-state index is 0.231. The summed E-state index contributed by atoms with van der Waals surface area (Å²) in [4.78, 5) is 7.01. The maximum atomic E-state index is 6.27. The van der Waals surface area contributed by atoms with Crippen LogP contribution in [0.1, 0.15) is 24.9 Å². The Balaban J connectivity index is 2.06. The van der Waals surface area contributed by atoms with Crippen molar-refractivity contribution in [2.75, 3.05) is 19.6 Å². The van der Waals surface area contributed by atoms with Gasteiger partial charge < -0.3 is 5.73 Å². The summed E-state index contributed by atoms with van der Waals surface area (Å²) in [7, 11) is 0. The molecule has 1 aromatic heterocycles. The van der Waals surface area contributed by atoms with Crippen LogP contribution in [0, 0.1) is 5.92 Å². The summed E-state index contributed by atoms with van der Waals surface area (Å²) in [5.74, 6) is 0.746. The van der Waals surface area contributed by atoms with Crippen LogP contribution in [-0.2, 0) is 0 Å². The fraction of sp³-hybridized carbons (Fsp3) is 0.438. The molecule has 0 bridgehead atoms. The molecule has 4 heteroatoms. The molecule has 20 heavy (non-hydrogen) atoms. The van der Waals surface area contributed by atoms with E-state index in [1.165, 1.54) is 12.0 Å². The normalized spacial score (nSPS) is 21.4. The van der Waals surface area contributed by atoms with E-state index in [2.05, 4.69) is 22.9 Å². The highest BCUT2D eigenvalue weighted by Crippen LogP contribution is 2.33. The van der Waals surface area contributed by atoms with Crippen molar-refractivity contribution in [2.24, 2.45) is 11.7 Å². The molecule has 2 aromatic rings. The molecule has 0 amide bonds. The number of benzene rings is 1. The summed E-state index contributed by atoms with van der Waals surface area (Å²) in [5.41, 5.74) is 8.23. The number of nitrogens with zero attached hydrogens (tertiary/aromatic N) is 2. The number of hydrogen-bond donors (Lipinski definition) is 1. The predicted molar refractivity (Wildman–Crippen MR) is 83.9 cm³/mol. The van der Waals surface area contributed by atoms with Crippen LogP contribution in [0.5, 0.6) is 0 Å². The average molecular weight is 290 g/mol. The lowest BCUT2D eigenvalue weighted by Crippen LogP contribution is -2.32. The van der Waals surface area contributed by atoms with E-state index in [1.807, 2.05) is 24.4 Å². The summed E-state index contributed by atoms with van der Waals surface area (Å²) in [6, 6.07) is 8.22. The Hall–Kier alpha value is -1.16. The minimum atomic E-state index is 0.231. The first kappa shape index (κ1) is 13.8. The highest BCUT2D eigenvalue weighted by molar-refractivity contribution is 6.35. The lowest BCUT2D eigenvalue weighted by molar-refractivity contribution is 0.245. The molecule has 2 heterocycles. The van der Waals surface area contributed by atoms with Gasteiger partial charge in [-0.05, 0) is 42.6 Å². The standard InChI is InChI=1S/C16H20ClN3/c1-11-6-8-20(10-11)15(9-18)13-4-5-14(17)12-3-2-7-19-16(12)13/h2-5,7,11,15H,6,8-10,18H2,1H3. The fourth-order valence-corrected chi connectivity index (χ4v) is 3.37. The third-order valence-electron chi connectivity index (χ3n) is 4.23. The second kappa shape index (κ2) is 5.68. The summed E-state index contributed by atoms with van der Waals surface area (Å²) >= 11 is 6.27. The predicted octanol–water partition coefficient (Wildman–Crippen LogP) is 3.23. The van der Waals surface area contributed by atoms with Crippen molar-refractivity contribution >= 4 is 22.5 Å². The van der Waals surface area contributed by atoms with Gasteiger partial charge in [-0.15, -0.1) is 0 Å². The van der Waals surface area contributed by atoms with Crippen LogP contribution in [0.25, 0.3) is 10.9 Å². The summed E-state index contributed by atoms with van der Waals surface area (Å²) in [6.45, 7) is 5.13. The van der Waals surface area contributed by atoms with Crippen molar-refractivity contribution in [3.8, 4) is 0 Å². The molecule has 3 nitrogen and oxygen atoms in total. The van der Waals surface area contributed by atoms with Crippen LogP contribution in [0.2, 0.25) is 5.02 Å². The van der Waals surface area contributed by atoms with E-state index in [4.69, 9.17) is 17.3 Å². The number of hydrogen-bond acceptors (Lipinski definition) is 3. The Morgan fingerprint density at radius 3 is 3.00 bits per heavy atom. The van der Waals surface area contributed by atoms with Gasteiger partial charge in [-0.25, -0.2) is 0 Å². The first-order chi connectivity index (χ1) is 9.70. The molecule has 1 aromatic carbocycles. The van der Waals surface area contributed by atoms with Gasteiger partial charge in [0.25, 0.3) is 0 Å². The molecule has 1 saturated heterocycles. The maximum Gasteiger partial charge on any atom is 0.0765 e. The first-order valence-electron chi connectivity index (χ1n) is 7.18. The van der Waals surface area contributed by atoms with E-state index in [1.54, 1.807) is 0 Å². The number of rotatable bonds is 3. The quantitative estimate of drug-likeness (QED) is 0.943. The average Bonchev–Trinajstić information content (AvgIpc) is 2.89. The van der Waals surface area contributed by atoms with Crippen molar-refractivity contribution in [2.45, 2.75) is 19.4 Å². The Bertz CT molecular complexity index is 614. The SMILES string of the molecule is CC1CCN(C(CN)c2ccc(Cl)c3cccnc23)C1. The molecular weight excluding hydrogens is 270 g/mol. The molecule has 3 rings (SSSR count). The second-order valence-corrected chi connectivity index (χ2v) is 6.08. The van der Waals surface area contributed by atoms with Crippen LogP contribution >= 0.6 is 11.6 Å². The molecule has 1 aliphatic heterocycles. The van der Waals surface area contributed by atoms with Crippen LogP contribution < -0.4 is 5.73 Å². The Labute approximate surface area is 124 Å². The molecule has 0 aliphatic carbocycles.